The highest BCUT2D eigenvalue weighted by Gasteiger charge is 2.52. The molecule has 0 aromatic carbocycles. The molecule has 0 atom stereocenters. The Kier molecular flexibility index (Phi) is 4.72. The van der Waals surface area contributed by atoms with E-state index in [4.69, 9.17) is 4.74 Å². The molecule has 8 heteroatoms. The lowest BCUT2D eigenvalue weighted by Gasteiger charge is -2.60. The Balaban J connectivity index is 1.25. The first kappa shape index (κ1) is 17.6. The molecule has 0 amide bonds. The Hall–Kier alpha value is -0.830. The van der Waals surface area contributed by atoms with Gasteiger partial charge in [-0.15, -0.1) is 0 Å². The van der Waals surface area contributed by atoms with E-state index in [0.717, 1.165) is 64.7 Å². The third-order valence-electron chi connectivity index (χ3n) is 5.27. The van der Waals surface area contributed by atoms with Crippen molar-refractivity contribution in [2.45, 2.75) is 23.9 Å². The van der Waals surface area contributed by atoms with Crippen LogP contribution in [0.2, 0.25) is 0 Å². The van der Waals surface area contributed by atoms with Gasteiger partial charge in [0.25, 0.3) is 0 Å². The number of hydrogen-bond donors (Lipinski definition) is 0. The summed E-state index contributed by atoms with van der Waals surface area (Å²) in [4.78, 5) is 6.20. The first-order valence-corrected chi connectivity index (χ1v) is 9.46. The zero-order valence-electron chi connectivity index (χ0n) is 14.0. The number of alkyl halides is 3. The van der Waals surface area contributed by atoms with Crippen molar-refractivity contribution in [2.24, 2.45) is 11.3 Å². The molecule has 4 rings (SSSR count). The van der Waals surface area contributed by atoms with E-state index in [1.54, 1.807) is 6.07 Å². The second-order valence-electron chi connectivity index (χ2n) is 7.46. The first-order valence-electron chi connectivity index (χ1n) is 8.69. The molecule has 3 aliphatic rings. The smallest absolute Gasteiger partial charge is 0.381 e. The number of hydrogen-bond acceptors (Lipinski definition) is 5. The van der Waals surface area contributed by atoms with E-state index < -0.39 is 11.9 Å². The lowest BCUT2D eigenvalue weighted by atomic mass is 9.74. The van der Waals surface area contributed by atoms with Crippen LogP contribution in [-0.4, -0.2) is 60.1 Å². The van der Waals surface area contributed by atoms with Gasteiger partial charge in [-0.05, 0) is 42.8 Å². The van der Waals surface area contributed by atoms with Crippen LogP contribution in [0.15, 0.2) is 23.2 Å². The van der Waals surface area contributed by atoms with Gasteiger partial charge in [-0.2, -0.15) is 13.2 Å². The van der Waals surface area contributed by atoms with Crippen molar-refractivity contribution in [1.29, 1.82) is 0 Å². The Bertz CT molecular complexity index is 607. The van der Waals surface area contributed by atoms with Crippen molar-refractivity contribution < 1.29 is 17.9 Å². The standard InChI is InChI=1S/C17H22F3N3OS/c18-17(19,20)15-14(2-1-5-21-15)25-23-11-16(12-23)9-22(10-16)8-13-3-6-24-7-4-13/h1-2,5,13H,3-4,6-12H2. The van der Waals surface area contributed by atoms with Crippen molar-refractivity contribution in [3.8, 4) is 0 Å². The molecule has 0 bridgehead atoms. The van der Waals surface area contributed by atoms with Crippen LogP contribution in [0.1, 0.15) is 18.5 Å². The maximum absolute atomic E-state index is 13.0. The van der Waals surface area contributed by atoms with Crippen molar-refractivity contribution in [3.63, 3.8) is 0 Å². The monoisotopic (exact) mass is 373 g/mol. The van der Waals surface area contributed by atoms with Gasteiger partial charge in [0.2, 0.25) is 0 Å². The Morgan fingerprint density at radius 2 is 1.92 bits per heavy atom. The lowest BCUT2D eigenvalue weighted by molar-refractivity contribution is -0.143. The Morgan fingerprint density at radius 3 is 2.60 bits per heavy atom. The third kappa shape index (κ3) is 3.82. The Morgan fingerprint density at radius 1 is 1.20 bits per heavy atom. The second kappa shape index (κ2) is 6.72. The third-order valence-corrected chi connectivity index (χ3v) is 6.31. The largest absolute Gasteiger partial charge is 0.434 e. The van der Waals surface area contributed by atoms with Gasteiger partial charge in [-0.1, -0.05) is 0 Å². The van der Waals surface area contributed by atoms with Gasteiger partial charge in [0.1, 0.15) is 0 Å². The van der Waals surface area contributed by atoms with Crippen molar-refractivity contribution >= 4 is 11.9 Å². The topological polar surface area (TPSA) is 28.6 Å². The van der Waals surface area contributed by atoms with Gasteiger partial charge in [-0.25, -0.2) is 4.31 Å². The molecule has 25 heavy (non-hydrogen) atoms. The summed E-state index contributed by atoms with van der Waals surface area (Å²) in [5, 5.41) is 0. The van der Waals surface area contributed by atoms with Crippen molar-refractivity contribution in [3.05, 3.63) is 24.0 Å². The van der Waals surface area contributed by atoms with Crippen molar-refractivity contribution in [1.82, 2.24) is 14.2 Å². The van der Waals surface area contributed by atoms with Crippen molar-refractivity contribution in [2.75, 3.05) is 45.9 Å². The summed E-state index contributed by atoms with van der Waals surface area (Å²) < 4.78 is 46.5. The molecule has 138 valence electrons. The quantitative estimate of drug-likeness (QED) is 0.756. The summed E-state index contributed by atoms with van der Waals surface area (Å²) in [5.74, 6) is 0.737. The van der Waals surface area contributed by atoms with Gasteiger partial charge in [0, 0.05) is 57.5 Å². The molecule has 0 aliphatic carbocycles. The molecule has 1 aromatic heterocycles. The minimum atomic E-state index is -4.40. The molecule has 3 aliphatic heterocycles. The van der Waals surface area contributed by atoms with E-state index in [9.17, 15) is 13.2 Å². The fourth-order valence-electron chi connectivity index (χ4n) is 4.11. The van der Waals surface area contributed by atoms with Crippen LogP contribution in [-0.2, 0) is 10.9 Å². The van der Waals surface area contributed by atoms with Crippen LogP contribution in [0.3, 0.4) is 0 Å². The maximum Gasteiger partial charge on any atom is 0.434 e. The Labute approximate surface area is 149 Å². The highest BCUT2D eigenvalue weighted by atomic mass is 32.2. The number of pyridine rings is 1. The zero-order chi connectivity index (χ0) is 17.5. The first-order chi connectivity index (χ1) is 11.9. The number of halogens is 3. The van der Waals surface area contributed by atoms with E-state index >= 15 is 0 Å². The van der Waals surface area contributed by atoms with E-state index in [0.29, 0.717) is 5.41 Å². The fourth-order valence-corrected chi connectivity index (χ4v) is 5.46. The molecule has 0 unspecified atom stereocenters. The summed E-state index contributed by atoms with van der Waals surface area (Å²) >= 11 is 1.19. The summed E-state index contributed by atoms with van der Waals surface area (Å²) in [6.45, 7) is 6.74. The van der Waals surface area contributed by atoms with Gasteiger partial charge < -0.3 is 9.64 Å². The summed E-state index contributed by atoms with van der Waals surface area (Å²) in [6, 6.07) is 3.07. The highest BCUT2D eigenvalue weighted by molar-refractivity contribution is 7.97. The highest BCUT2D eigenvalue weighted by Crippen LogP contribution is 2.46. The molecular weight excluding hydrogens is 351 g/mol. The number of likely N-dealkylation sites (tertiary alicyclic amines) is 1. The molecule has 0 N–H and O–H groups in total. The van der Waals surface area contributed by atoms with Crippen LogP contribution in [0, 0.1) is 11.3 Å². The predicted octanol–water partition coefficient (Wildman–Crippen LogP) is 3.15. The number of nitrogens with zero attached hydrogens (tertiary/aromatic N) is 3. The molecule has 4 heterocycles. The van der Waals surface area contributed by atoms with Gasteiger partial charge in [0.15, 0.2) is 5.69 Å². The summed E-state index contributed by atoms with van der Waals surface area (Å²) in [6.07, 6.45) is -0.910. The number of rotatable bonds is 4. The zero-order valence-corrected chi connectivity index (χ0v) is 14.8. The molecular formula is C17H22F3N3OS. The SMILES string of the molecule is FC(F)(F)c1ncccc1SN1CC2(CN(CC3CCOCC3)C2)C1. The van der Waals surface area contributed by atoms with Crippen LogP contribution < -0.4 is 0 Å². The van der Waals surface area contributed by atoms with Gasteiger partial charge >= 0.3 is 6.18 Å². The predicted molar refractivity (Wildman–Crippen MR) is 89.1 cm³/mol. The van der Waals surface area contributed by atoms with E-state index in [1.165, 1.54) is 24.2 Å². The molecule has 0 radical (unpaired) electrons. The summed E-state index contributed by atoms with van der Waals surface area (Å²) in [5.41, 5.74) is -0.491. The molecule has 1 spiro atoms. The van der Waals surface area contributed by atoms with Gasteiger partial charge in [0.05, 0.1) is 4.90 Å². The van der Waals surface area contributed by atoms with Crippen LogP contribution in [0.25, 0.3) is 0 Å². The average molecular weight is 373 g/mol. The maximum atomic E-state index is 13.0. The normalized spacial score (nSPS) is 24.9. The van der Waals surface area contributed by atoms with Crippen LogP contribution in [0.5, 0.6) is 0 Å². The minimum absolute atomic E-state index is 0.197. The molecule has 3 saturated heterocycles. The van der Waals surface area contributed by atoms with Crippen LogP contribution >= 0.6 is 11.9 Å². The van der Waals surface area contributed by atoms with Crippen LogP contribution in [0.4, 0.5) is 13.2 Å². The van der Waals surface area contributed by atoms with E-state index in [1.807, 2.05) is 4.31 Å². The second-order valence-corrected chi connectivity index (χ2v) is 8.60. The summed E-state index contributed by atoms with van der Waals surface area (Å²) in [7, 11) is 0. The number of ether oxygens (including phenoxy) is 1. The van der Waals surface area contributed by atoms with Gasteiger partial charge in [-0.3, -0.25) is 4.98 Å². The lowest BCUT2D eigenvalue weighted by Crippen LogP contribution is -2.70. The molecule has 4 nitrogen and oxygen atoms in total. The molecule has 3 fully saturated rings. The molecule has 0 saturated carbocycles. The van der Waals surface area contributed by atoms with E-state index in [-0.39, 0.29) is 4.90 Å². The fraction of sp³-hybridized carbons (Fsp3) is 0.706. The minimum Gasteiger partial charge on any atom is -0.381 e. The average Bonchev–Trinajstić information content (AvgIpc) is 2.51. The number of aromatic nitrogens is 1. The van der Waals surface area contributed by atoms with E-state index in [2.05, 4.69) is 9.88 Å². The molecule has 1 aromatic rings.